The Balaban J connectivity index is 2.44. The van der Waals surface area contributed by atoms with Gasteiger partial charge in [-0.15, -0.1) is 0 Å². The number of ketones is 1. The first-order chi connectivity index (χ1) is 4.34. The van der Waals surface area contributed by atoms with Crippen molar-refractivity contribution in [2.24, 2.45) is 5.92 Å². The lowest BCUT2D eigenvalue weighted by Crippen LogP contribution is -2.15. The molecule has 0 amide bonds. The summed E-state index contributed by atoms with van der Waals surface area (Å²) in [6.45, 7) is 1.56. The van der Waals surface area contributed by atoms with Gasteiger partial charge in [-0.05, 0) is 13.0 Å². The van der Waals surface area contributed by atoms with Crippen LogP contribution in [0, 0.1) is 17.2 Å². The van der Waals surface area contributed by atoms with Crippen molar-refractivity contribution in [3.63, 3.8) is 0 Å². The molecule has 1 aliphatic rings. The number of carbonyl (C=O) groups excluding carboxylic acids is 1. The Morgan fingerprint density at radius 2 is 2.56 bits per heavy atom. The van der Waals surface area contributed by atoms with E-state index in [9.17, 15) is 4.79 Å². The molecule has 1 aliphatic heterocycles. The number of rotatable bonds is 1. The van der Waals surface area contributed by atoms with E-state index in [2.05, 4.69) is 5.32 Å². The largest absolute Gasteiger partial charge is 0.316 e. The maximum absolute atomic E-state index is 10.6. The third-order valence-electron chi connectivity index (χ3n) is 1.54. The topological polar surface area (TPSA) is 52.9 Å². The van der Waals surface area contributed by atoms with Crippen molar-refractivity contribution in [1.82, 2.24) is 5.32 Å². The van der Waals surface area contributed by atoms with Gasteiger partial charge in [-0.25, -0.2) is 0 Å². The van der Waals surface area contributed by atoms with Gasteiger partial charge in [0.25, 0.3) is 0 Å². The molecule has 0 aromatic carbocycles. The molecule has 0 radical (unpaired) electrons. The molecule has 1 fully saturated rings. The maximum atomic E-state index is 10.6. The molecule has 48 valence electrons. The Labute approximate surface area is 53.7 Å². The Bertz CT molecular complexity index is 153. The zero-order valence-electron chi connectivity index (χ0n) is 5.05. The number of hydrogen-bond acceptors (Lipinski definition) is 3. The summed E-state index contributed by atoms with van der Waals surface area (Å²) in [5.41, 5.74) is 0. The van der Waals surface area contributed by atoms with E-state index >= 15 is 0 Å². The van der Waals surface area contributed by atoms with Gasteiger partial charge in [0.1, 0.15) is 6.07 Å². The molecule has 3 heteroatoms. The van der Waals surface area contributed by atoms with Gasteiger partial charge < -0.3 is 5.32 Å². The van der Waals surface area contributed by atoms with E-state index in [1.807, 2.05) is 0 Å². The van der Waals surface area contributed by atoms with Crippen LogP contribution in [0.5, 0.6) is 0 Å². The van der Waals surface area contributed by atoms with E-state index in [0.717, 1.165) is 13.0 Å². The summed E-state index contributed by atoms with van der Waals surface area (Å²) >= 11 is 0. The van der Waals surface area contributed by atoms with Crippen molar-refractivity contribution in [1.29, 1.82) is 5.26 Å². The summed E-state index contributed by atoms with van der Waals surface area (Å²) in [6.07, 6.45) is 0.826. The minimum Gasteiger partial charge on any atom is -0.316 e. The average molecular weight is 124 g/mol. The summed E-state index contributed by atoms with van der Waals surface area (Å²) in [4.78, 5) is 10.6. The van der Waals surface area contributed by atoms with Gasteiger partial charge in [-0.3, -0.25) is 4.79 Å². The molecule has 0 spiro atoms. The molecule has 1 N–H and O–H groups in total. The first kappa shape index (κ1) is 6.24. The second kappa shape index (κ2) is 2.60. The summed E-state index contributed by atoms with van der Waals surface area (Å²) in [5.74, 6) is -0.310. The highest BCUT2D eigenvalue weighted by atomic mass is 16.1. The highest BCUT2D eigenvalue weighted by Gasteiger charge is 2.21. The molecule has 0 aromatic rings. The molecule has 9 heavy (non-hydrogen) atoms. The lowest BCUT2D eigenvalue weighted by atomic mass is 10.1. The van der Waals surface area contributed by atoms with Gasteiger partial charge in [-0.1, -0.05) is 0 Å². The Hall–Kier alpha value is -0.880. The van der Waals surface area contributed by atoms with Crippen molar-refractivity contribution in [2.45, 2.75) is 6.42 Å². The number of carbonyl (C=O) groups is 1. The lowest BCUT2D eigenvalue weighted by molar-refractivity contribution is -0.116. The van der Waals surface area contributed by atoms with Crippen molar-refractivity contribution < 1.29 is 4.79 Å². The predicted molar refractivity (Wildman–Crippen MR) is 31.6 cm³/mol. The summed E-state index contributed by atoms with van der Waals surface area (Å²) < 4.78 is 0. The zero-order chi connectivity index (χ0) is 6.69. The summed E-state index contributed by atoms with van der Waals surface area (Å²) in [6, 6.07) is 1.63. The quantitative estimate of drug-likeness (QED) is 0.488. The number of nitriles is 1. The van der Waals surface area contributed by atoms with Crippen LogP contribution in [-0.4, -0.2) is 18.9 Å². The number of hydrogen-bond donors (Lipinski definition) is 1. The molecule has 1 rings (SSSR count). The monoisotopic (exact) mass is 124 g/mol. The molecule has 0 aliphatic carbocycles. The van der Waals surface area contributed by atoms with E-state index in [4.69, 9.17) is 5.26 Å². The lowest BCUT2D eigenvalue weighted by Gasteiger charge is -1.95. The molecular weight excluding hydrogens is 116 g/mol. The van der Waals surface area contributed by atoms with Gasteiger partial charge in [0.05, 0.1) is 0 Å². The van der Waals surface area contributed by atoms with Crippen molar-refractivity contribution in [3.8, 4) is 6.07 Å². The van der Waals surface area contributed by atoms with E-state index in [-0.39, 0.29) is 11.7 Å². The molecule has 0 saturated carbocycles. The van der Waals surface area contributed by atoms with Crippen LogP contribution in [0.3, 0.4) is 0 Å². The molecule has 3 nitrogen and oxygen atoms in total. The third kappa shape index (κ3) is 1.27. The van der Waals surface area contributed by atoms with Gasteiger partial charge in [0.15, 0.2) is 0 Å². The number of Topliss-reactive ketones (excluding diaryl/α,β-unsaturated/α-hetero) is 1. The molecule has 1 saturated heterocycles. The first-order valence-corrected chi connectivity index (χ1v) is 2.99. The Morgan fingerprint density at radius 1 is 1.78 bits per heavy atom. The second-order valence-corrected chi connectivity index (χ2v) is 2.17. The third-order valence-corrected chi connectivity index (χ3v) is 1.54. The molecular formula is C6H8N2O. The van der Waals surface area contributed by atoms with E-state index < -0.39 is 0 Å². The first-order valence-electron chi connectivity index (χ1n) is 2.99. The van der Waals surface area contributed by atoms with Gasteiger partial charge >= 0.3 is 0 Å². The standard InChI is InChI=1S/C6H8N2O/c7-3-6(9)5-1-2-8-4-5/h5,8H,1-2,4H2. The van der Waals surface area contributed by atoms with Gasteiger partial charge in [-0.2, -0.15) is 5.26 Å². The number of nitrogens with one attached hydrogen (secondary N) is 1. The van der Waals surface area contributed by atoms with Crippen LogP contribution in [0.25, 0.3) is 0 Å². The predicted octanol–water partition coefficient (Wildman–Crippen LogP) is -0.311. The average Bonchev–Trinajstić information content (AvgIpc) is 2.37. The van der Waals surface area contributed by atoms with Crippen LogP contribution in [0.1, 0.15) is 6.42 Å². The van der Waals surface area contributed by atoms with E-state index in [1.165, 1.54) is 0 Å². The van der Waals surface area contributed by atoms with Crippen LogP contribution >= 0.6 is 0 Å². The Kier molecular flexibility index (Phi) is 1.81. The molecule has 1 atom stereocenters. The fourth-order valence-corrected chi connectivity index (χ4v) is 0.970. The van der Waals surface area contributed by atoms with E-state index in [0.29, 0.717) is 6.54 Å². The van der Waals surface area contributed by atoms with E-state index in [1.54, 1.807) is 6.07 Å². The number of nitrogens with zero attached hydrogens (tertiary/aromatic N) is 1. The molecule has 0 bridgehead atoms. The molecule has 1 unspecified atom stereocenters. The Morgan fingerprint density at radius 3 is 3.00 bits per heavy atom. The fourth-order valence-electron chi connectivity index (χ4n) is 0.970. The minimum atomic E-state index is -0.278. The summed E-state index contributed by atoms with van der Waals surface area (Å²) in [5, 5.41) is 11.2. The second-order valence-electron chi connectivity index (χ2n) is 2.17. The smallest absolute Gasteiger partial charge is 0.236 e. The fraction of sp³-hybridized carbons (Fsp3) is 0.667. The molecule has 1 heterocycles. The maximum Gasteiger partial charge on any atom is 0.236 e. The van der Waals surface area contributed by atoms with Crippen molar-refractivity contribution in [2.75, 3.05) is 13.1 Å². The van der Waals surface area contributed by atoms with Crippen LogP contribution < -0.4 is 5.32 Å². The highest BCUT2D eigenvalue weighted by Crippen LogP contribution is 2.07. The highest BCUT2D eigenvalue weighted by molar-refractivity contribution is 5.95. The zero-order valence-corrected chi connectivity index (χ0v) is 5.05. The normalized spacial score (nSPS) is 25.4. The van der Waals surface area contributed by atoms with Crippen molar-refractivity contribution in [3.05, 3.63) is 0 Å². The van der Waals surface area contributed by atoms with Crippen LogP contribution in [0.15, 0.2) is 0 Å². The van der Waals surface area contributed by atoms with Crippen LogP contribution in [0.4, 0.5) is 0 Å². The van der Waals surface area contributed by atoms with Crippen molar-refractivity contribution >= 4 is 5.78 Å². The van der Waals surface area contributed by atoms with Gasteiger partial charge in [0, 0.05) is 12.5 Å². The molecule has 0 aromatic heterocycles. The van der Waals surface area contributed by atoms with Crippen LogP contribution in [0.2, 0.25) is 0 Å². The van der Waals surface area contributed by atoms with Gasteiger partial charge in [0.2, 0.25) is 5.78 Å². The summed E-state index contributed by atoms with van der Waals surface area (Å²) in [7, 11) is 0. The van der Waals surface area contributed by atoms with Crippen LogP contribution in [-0.2, 0) is 4.79 Å². The SMILES string of the molecule is N#CC(=O)C1CCNC1. The minimum absolute atomic E-state index is 0.0324.